The molecule has 0 N–H and O–H groups in total. The average molecular weight is 287 g/mol. The number of piperazine rings is 1. The predicted molar refractivity (Wildman–Crippen MR) is 81.4 cm³/mol. The van der Waals surface area contributed by atoms with E-state index in [0.717, 1.165) is 37.6 Å². The lowest BCUT2D eigenvalue weighted by atomic mass is 10.2. The number of nitrogens with zero attached hydrogens (tertiary/aromatic N) is 3. The van der Waals surface area contributed by atoms with Crippen LogP contribution in [0.1, 0.15) is 15.2 Å². The first kappa shape index (κ1) is 13.1. The van der Waals surface area contributed by atoms with E-state index < -0.39 is 0 Å². The molecule has 0 saturated carbocycles. The number of carbonyl (C=O) groups excluding carboxylic acids is 1. The van der Waals surface area contributed by atoms with Gasteiger partial charge in [-0.25, -0.2) is 4.98 Å². The van der Waals surface area contributed by atoms with E-state index in [1.54, 1.807) is 17.5 Å². The molecule has 1 aliphatic heterocycles. The fourth-order valence-electron chi connectivity index (χ4n) is 2.42. The number of pyridine rings is 1. The van der Waals surface area contributed by atoms with Crippen molar-refractivity contribution in [3.8, 4) is 0 Å². The van der Waals surface area contributed by atoms with Crippen molar-refractivity contribution < 1.29 is 4.79 Å². The first-order valence-corrected chi connectivity index (χ1v) is 7.62. The Morgan fingerprint density at radius 1 is 1.25 bits per heavy atom. The molecule has 0 bridgehead atoms. The van der Waals surface area contributed by atoms with Gasteiger partial charge in [-0.15, -0.1) is 11.3 Å². The first-order valence-electron chi connectivity index (χ1n) is 6.74. The van der Waals surface area contributed by atoms with Gasteiger partial charge in [-0.2, -0.15) is 0 Å². The van der Waals surface area contributed by atoms with E-state index in [1.807, 2.05) is 41.5 Å². The molecule has 3 rings (SSSR count). The summed E-state index contributed by atoms with van der Waals surface area (Å²) in [6, 6.07) is 7.90. The molecular weight excluding hydrogens is 270 g/mol. The molecule has 3 heterocycles. The molecule has 5 heteroatoms. The topological polar surface area (TPSA) is 36.4 Å². The number of amides is 1. The summed E-state index contributed by atoms with van der Waals surface area (Å²) < 4.78 is 0. The number of carbonyl (C=O) groups is 1. The van der Waals surface area contributed by atoms with Gasteiger partial charge in [0.2, 0.25) is 0 Å². The van der Waals surface area contributed by atoms with Crippen LogP contribution in [0.2, 0.25) is 0 Å². The minimum Gasteiger partial charge on any atom is -0.353 e. The second-order valence-corrected chi connectivity index (χ2v) is 6.03. The summed E-state index contributed by atoms with van der Waals surface area (Å²) in [4.78, 5) is 22.0. The summed E-state index contributed by atoms with van der Waals surface area (Å²) in [7, 11) is 0. The third-order valence-electron chi connectivity index (χ3n) is 3.52. The molecule has 4 nitrogen and oxygen atoms in total. The van der Waals surface area contributed by atoms with Gasteiger partial charge in [-0.05, 0) is 25.1 Å². The molecular formula is C15H17N3OS. The van der Waals surface area contributed by atoms with E-state index in [1.165, 1.54) is 4.88 Å². The minimum absolute atomic E-state index is 0.148. The van der Waals surface area contributed by atoms with Crippen molar-refractivity contribution in [2.24, 2.45) is 0 Å². The van der Waals surface area contributed by atoms with E-state index in [-0.39, 0.29) is 5.91 Å². The maximum absolute atomic E-state index is 12.4. The molecule has 1 fully saturated rings. The van der Waals surface area contributed by atoms with Crippen molar-refractivity contribution in [2.75, 3.05) is 31.1 Å². The van der Waals surface area contributed by atoms with Gasteiger partial charge in [-0.3, -0.25) is 4.79 Å². The molecule has 2 aromatic rings. The lowest BCUT2D eigenvalue weighted by Crippen LogP contribution is -2.49. The number of thiophene rings is 1. The summed E-state index contributed by atoms with van der Waals surface area (Å²) in [5.74, 6) is 1.14. The van der Waals surface area contributed by atoms with Gasteiger partial charge in [0.1, 0.15) is 5.82 Å². The van der Waals surface area contributed by atoms with Crippen molar-refractivity contribution in [3.05, 3.63) is 46.3 Å². The highest BCUT2D eigenvalue weighted by Gasteiger charge is 2.23. The lowest BCUT2D eigenvalue weighted by molar-refractivity contribution is 0.0747. The molecule has 104 valence electrons. The van der Waals surface area contributed by atoms with E-state index in [4.69, 9.17) is 0 Å². The van der Waals surface area contributed by atoms with Crippen LogP contribution < -0.4 is 4.90 Å². The third-order valence-corrected chi connectivity index (χ3v) is 4.38. The molecule has 1 saturated heterocycles. The molecule has 0 atom stereocenters. The van der Waals surface area contributed by atoms with Crippen LogP contribution in [0.15, 0.2) is 35.8 Å². The highest BCUT2D eigenvalue weighted by atomic mass is 32.1. The number of hydrogen-bond acceptors (Lipinski definition) is 4. The minimum atomic E-state index is 0.148. The van der Waals surface area contributed by atoms with Gasteiger partial charge < -0.3 is 9.80 Å². The summed E-state index contributed by atoms with van der Waals surface area (Å²) >= 11 is 1.63. The van der Waals surface area contributed by atoms with Crippen LogP contribution in [0, 0.1) is 6.92 Å². The summed E-state index contributed by atoms with van der Waals surface area (Å²) in [6.07, 6.45) is 1.81. The number of aryl methyl sites for hydroxylation is 1. The monoisotopic (exact) mass is 287 g/mol. The van der Waals surface area contributed by atoms with E-state index in [0.29, 0.717) is 0 Å². The van der Waals surface area contributed by atoms with Crippen LogP contribution in [0.4, 0.5) is 5.82 Å². The highest BCUT2D eigenvalue weighted by molar-refractivity contribution is 7.10. The Hall–Kier alpha value is -1.88. The van der Waals surface area contributed by atoms with Crippen LogP contribution in [0.25, 0.3) is 0 Å². The Morgan fingerprint density at radius 2 is 2.05 bits per heavy atom. The largest absolute Gasteiger partial charge is 0.353 e. The second kappa shape index (κ2) is 5.63. The van der Waals surface area contributed by atoms with E-state index in [9.17, 15) is 4.79 Å². The van der Waals surface area contributed by atoms with Gasteiger partial charge in [0, 0.05) is 42.6 Å². The fourth-order valence-corrected chi connectivity index (χ4v) is 3.09. The van der Waals surface area contributed by atoms with E-state index >= 15 is 0 Å². The Balaban J connectivity index is 1.63. The van der Waals surface area contributed by atoms with Gasteiger partial charge in [0.25, 0.3) is 5.91 Å². The van der Waals surface area contributed by atoms with Gasteiger partial charge >= 0.3 is 0 Å². The van der Waals surface area contributed by atoms with Crippen molar-refractivity contribution >= 4 is 23.1 Å². The predicted octanol–water partition coefficient (Wildman–Crippen LogP) is 2.41. The molecule has 2 aromatic heterocycles. The SMILES string of the molecule is Cc1cc(C(=O)N2CCN(c3ccccn3)CC2)cs1. The average Bonchev–Trinajstić information content (AvgIpc) is 2.94. The molecule has 0 spiro atoms. The second-order valence-electron chi connectivity index (χ2n) is 4.91. The first-order chi connectivity index (χ1) is 9.74. The number of rotatable bonds is 2. The Morgan fingerprint density at radius 3 is 2.65 bits per heavy atom. The van der Waals surface area contributed by atoms with Crippen molar-refractivity contribution in [3.63, 3.8) is 0 Å². The maximum atomic E-state index is 12.4. The summed E-state index contributed by atoms with van der Waals surface area (Å²) in [5, 5.41) is 1.95. The van der Waals surface area contributed by atoms with Crippen LogP contribution in [0.5, 0.6) is 0 Å². The highest BCUT2D eigenvalue weighted by Crippen LogP contribution is 2.18. The molecule has 0 aromatic carbocycles. The molecule has 1 amide bonds. The fraction of sp³-hybridized carbons (Fsp3) is 0.333. The van der Waals surface area contributed by atoms with Crippen LogP contribution >= 0.6 is 11.3 Å². The molecule has 0 aliphatic carbocycles. The van der Waals surface area contributed by atoms with Gasteiger partial charge in [0.05, 0.1) is 5.56 Å². The van der Waals surface area contributed by atoms with Crippen molar-refractivity contribution in [2.45, 2.75) is 6.92 Å². The zero-order valence-corrected chi connectivity index (χ0v) is 12.3. The Bertz CT molecular complexity index is 588. The molecule has 1 aliphatic rings. The third kappa shape index (κ3) is 2.67. The van der Waals surface area contributed by atoms with Crippen molar-refractivity contribution in [1.29, 1.82) is 0 Å². The van der Waals surface area contributed by atoms with Crippen LogP contribution in [0.3, 0.4) is 0 Å². The van der Waals surface area contributed by atoms with Gasteiger partial charge in [-0.1, -0.05) is 6.07 Å². The van der Waals surface area contributed by atoms with Crippen LogP contribution in [-0.4, -0.2) is 42.0 Å². The molecule has 20 heavy (non-hydrogen) atoms. The van der Waals surface area contributed by atoms with Crippen molar-refractivity contribution in [1.82, 2.24) is 9.88 Å². The summed E-state index contributed by atoms with van der Waals surface area (Å²) in [6.45, 7) is 5.22. The standard InChI is InChI=1S/C15H17N3OS/c1-12-10-13(11-20-12)15(19)18-8-6-17(7-9-18)14-4-2-3-5-16-14/h2-5,10-11H,6-9H2,1H3. The lowest BCUT2D eigenvalue weighted by Gasteiger charge is -2.35. The Labute approximate surface area is 122 Å². The Kier molecular flexibility index (Phi) is 3.69. The molecule has 0 radical (unpaired) electrons. The quantitative estimate of drug-likeness (QED) is 0.851. The summed E-state index contributed by atoms with van der Waals surface area (Å²) in [5.41, 5.74) is 0.818. The number of hydrogen-bond donors (Lipinski definition) is 0. The molecule has 0 unspecified atom stereocenters. The number of aromatic nitrogens is 1. The zero-order chi connectivity index (χ0) is 13.9. The van der Waals surface area contributed by atoms with Crippen LogP contribution in [-0.2, 0) is 0 Å². The normalized spacial score (nSPS) is 15.4. The number of anilines is 1. The van der Waals surface area contributed by atoms with E-state index in [2.05, 4.69) is 9.88 Å². The maximum Gasteiger partial charge on any atom is 0.254 e. The zero-order valence-electron chi connectivity index (χ0n) is 11.5. The van der Waals surface area contributed by atoms with Gasteiger partial charge in [0.15, 0.2) is 0 Å². The smallest absolute Gasteiger partial charge is 0.254 e.